The van der Waals surface area contributed by atoms with Crippen LogP contribution in [0.3, 0.4) is 0 Å². The van der Waals surface area contributed by atoms with Gasteiger partial charge in [-0.2, -0.15) is 0 Å². The summed E-state index contributed by atoms with van der Waals surface area (Å²) in [6.07, 6.45) is 6.20. The Balaban J connectivity index is 2.23. The fraction of sp³-hybridized carbons (Fsp3) is 0.643. The molecule has 1 aromatic heterocycles. The summed E-state index contributed by atoms with van der Waals surface area (Å²) in [6, 6.07) is 0. The Bertz CT molecular complexity index is 506. The maximum atomic E-state index is 12.5. The molecule has 5 nitrogen and oxygen atoms in total. The van der Waals surface area contributed by atoms with E-state index in [1.807, 2.05) is 6.92 Å². The van der Waals surface area contributed by atoms with Crippen LogP contribution in [0.2, 0.25) is 0 Å². The number of aryl methyl sites for hydroxylation is 1. The van der Waals surface area contributed by atoms with Crippen molar-refractivity contribution in [2.24, 2.45) is 0 Å². The van der Waals surface area contributed by atoms with E-state index in [0.717, 1.165) is 37.1 Å². The Morgan fingerprint density at radius 3 is 2.55 bits per heavy atom. The molecule has 0 aliphatic heterocycles. The third-order valence-corrected chi connectivity index (χ3v) is 5.01. The number of carboxylic acid groups (broad SMARTS) is 1. The van der Waals surface area contributed by atoms with Crippen LogP contribution in [0.25, 0.3) is 0 Å². The van der Waals surface area contributed by atoms with Crippen LogP contribution in [0.1, 0.15) is 53.2 Å². The van der Waals surface area contributed by atoms with E-state index in [1.54, 1.807) is 18.1 Å². The number of carbonyl (C=O) groups is 2. The van der Waals surface area contributed by atoms with Crippen molar-refractivity contribution >= 4 is 23.2 Å². The molecule has 2 rings (SSSR count). The number of nitrogens with zero attached hydrogens (tertiary/aromatic N) is 2. The molecular formula is C14H20N2O3S. The smallest absolute Gasteiger partial charge is 0.305 e. The number of aliphatic carboxylic acids is 1. The number of carbonyl (C=O) groups excluding carboxylic acids is 1. The number of carboxylic acids is 1. The van der Waals surface area contributed by atoms with Crippen molar-refractivity contribution in [1.29, 1.82) is 0 Å². The summed E-state index contributed by atoms with van der Waals surface area (Å²) in [7, 11) is 1.73. The van der Waals surface area contributed by atoms with Crippen LogP contribution < -0.4 is 0 Å². The molecule has 1 fully saturated rings. The maximum Gasteiger partial charge on any atom is 0.305 e. The highest BCUT2D eigenvalue weighted by Crippen LogP contribution is 2.37. The number of thiazole rings is 1. The number of rotatable bonds is 4. The molecule has 0 aromatic carbocycles. The second kappa shape index (κ2) is 5.91. The Hall–Kier alpha value is -1.43. The largest absolute Gasteiger partial charge is 0.481 e. The van der Waals surface area contributed by atoms with Crippen LogP contribution in [0.15, 0.2) is 6.20 Å². The summed E-state index contributed by atoms with van der Waals surface area (Å²) < 4.78 is 0. The lowest BCUT2D eigenvalue weighted by molar-refractivity contribution is -0.140. The maximum absolute atomic E-state index is 12.5. The van der Waals surface area contributed by atoms with E-state index in [1.165, 1.54) is 11.3 Å². The first-order valence-corrected chi connectivity index (χ1v) is 7.69. The summed E-state index contributed by atoms with van der Waals surface area (Å²) in [6.45, 7) is 1.86. The predicted octanol–water partition coefficient (Wildman–Crippen LogP) is 2.70. The van der Waals surface area contributed by atoms with E-state index < -0.39 is 11.5 Å². The minimum Gasteiger partial charge on any atom is -0.481 e. The Labute approximate surface area is 122 Å². The summed E-state index contributed by atoms with van der Waals surface area (Å²) in [5.41, 5.74) is -0.543. The van der Waals surface area contributed by atoms with Crippen molar-refractivity contribution in [2.45, 2.75) is 51.0 Å². The molecule has 1 amide bonds. The van der Waals surface area contributed by atoms with E-state index >= 15 is 0 Å². The van der Waals surface area contributed by atoms with Gasteiger partial charge in [-0.1, -0.05) is 19.3 Å². The van der Waals surface area contributed by atoms with Crippen LogP contribution >= 0.6 is 11.3 Å². The molecule has 1 aliphatic rings. The molecule has 0 spiro atoms. The van der Waals surface area contributed by atoms with Crippen LogP contribution in [0.4, 0.5) is 0 Å². The van der Waals surface area contributed by atoms with Gasteiger partial charge in [0.05, 0.1) is 23.2 Å². The zero-order chi connectivity index (χ0) is 14.8. The Morgan fingerprint density at radius 1 is 1.40 bits per heavy atom. The number of aromatic nitrogens is 1. The highest BCUT2D eigenvalue weighted by Gasteiger charge is 2.41. The number of hydrogen-bond donors (Lipinski definition) is 1. The van der Waals surface area contributed by atoms with Crippen molar-refractivity contribution in [3.05, 3.63) is 16.1 Å². The van der Waals surface area contributed by atoms with Crippen LogP contribution in [-0.4, -0.2) is 39.5 Å². The minimum absolute atomic E-state index is 0.0209. The van der Waals surface area contributed by atoms with Gasteiger partial charge in [-0.05, 0) is 19.8 Å². The molecule has 6 heteroatoms. The molecule has 0 unspecified atom stereocenters. The highest BCUT2D eigenvalue weighted by molar-refractivity contribution is 7.13. The standard InChI is InChI=1S/C14H20N2O3S/c1-10-15-9-11(20-10)13(19)16(2)14(8-12(17)18)6-4-3-5-7-14/h9H,3-8H2,1-2H3,(H,17,18). The van der Waals surface area contributed by atoms with E-state index in [4.69, 9.17) is 0 Å². The molecule has 1 aromatic rings. The van der Waals surface area contributed by atoms with Crippen molar-refractivity contribution in [3.8, 4) is 0 Å². The van der Waals surface area contributed by atoms with E-state index in [9.17, 15) is 14.7 Å². The van der Waals surface area contributed by atoms with Crippen LogP contribution in [-0.2, 0) is 4.79 Å². The Morgan fingerprint density at radius 2 is 2.05 bits per heavy atom. The molecular weight excluding hydrogens is 276 g/mol. The van der Waals surface area contributed by atoms with Gasteiger partial charge in [-0.3, -0.25) is 9.59 Å². The fourth-order valence-electron chi connectivity index (χ4n) is 2.96. The summed E-state index contributed by atoms with van der Waals surface area (Å²) >= 11 is 1.36. The lowest BCUT2D eigenvalue weighted by Gasteiger charge is -2.43. The van der Waals surface area contributed by atoms with Crippen molar-refractivity contribution in [1.82, 2.24) is 9.88 Å². The first-order chi connectivity index (χ1) is 9.44. The second-order valence-corrected chi connectivity index (χ2v) is 6.70. The summed E-state index contributed by atoms with van der Waals surface area (Å²) in [5, 5.41) is 10.0. The molecule has 20 heavy (non-hydrogen) atoms. The topological polar surface area (TPSA) is 70.5 Å². The zero-order valence-electron chi connectivity index (χ0n) is 11.9. The monoisotopic (exact) mass is 296 g/mol. The number of amides is 1. The SMILES string of the molecule is Cc1ncc(C(=O)N(C)C2(CC(=O)O)CCCCC2)s1. The fourth-order valence-corrected chi connectivity index (χ4v) is 3.72. The van der Waals surface area contributed by atoms with Gasteiger partial charge in [0.1, 0.15) is 4.88 Å². The van der Waals surface area contributed by atoms with Gasteiger partial charge in [0, 0.05) is 7.05 Å². The van der Waals surface area contributed by atoms with Gasteiger partial charge in [0.2, 0.25) is 0 Å². The van der Waals surface area contributed by atoms with Crippen LogP contribution in [0.5, 0.6) is 0 Å². The zero-order valence-corrected chi connectivity index (χ0v) is 12.7. The van der Waals surface area contributed by atoms with E-state index in [0.29, 0.717) is 4.88 Å². The average Bonchev–Trinajstić information content (AvgIpc) is 2.84. The second-order valence-electron chi connectivity index (χ2n) is 5.46. The molecule has 1 heterocycles. The lowest BCUT2D eigenvalue weighted by Crippen LogP contribution is -2.52. The average molecular weight is 296 g/mol. The van der Waals surface area contributed by atoms with Crippen LogP contribution in [0, 0.1) is 6.92 Å². The van der Waals surface area contributed by atoms with Gasteiger partial charge < -0.3 is 10.0 Å². The molecule has 1 aliphatic carbocycles. The van der Waals surface area contributed by atoms with Crippen molar-refractivity contribution in [2.75, 3.05) is 7.05 Å². The molecule has 0 radical (unpaired) electrons. The lowest BCUT2D eigenvalue weighted by atomic mass is 9.78. The quantitative estimate of drug-likeness (QED) is 0.927. The first kappa shape index (κ1) is 15.0. The predicted molar refractivity (Wildman–Crippen MR) is 77.0 cm³/mol. The molecule has 0 saturated heterocycles. The minimum atomic E-state index is -0.841. The van der Waals surface area contributed by atoms with Gasteiger partial charge in [-0.15, -0.1) is 11.3 Å². The summed E-state index contributed by atoms with van der Waals surface area (Å²) in [5.74, 6) is -0.953. The third kappa shape index (κ3) is 3.00. The molecule has 1 N–H and O–H groups in total. The van der Waals surface area contributed by atoms with E-state index in [2.05, 4.69) is 4.98 Å². The third-order valence-electron chi connectivity index (χ3n) is 4.11. The van der Waals surface area contributed by atoms with Gasteiger partial charge in [-0.25, -0.2) is 4.98 Å². The molecule has 0 bridgehead atoms. The normalized spacial score (nSPS) is 17.7. The molecule has 110 valence electrons. The molecule has 0 atom stereocenters. The van der Waals surface area contributed by atoms with E-state index in [-0.39, 0.29) is 12.3 Å². The first-order valence-electron chi connectivity index (χ1n) is 6.87. The van der Waals surface area contributed by atoms with Gasteiger partial charge in [0.15, 0.2) is 0 Å². The molecule has 1 saturated carbocycles. The van der Waals surface area contributed by atoms with Crippen molar-refractivity contribution < 1.29 is 14.7 Å². The van der Waals surface area contributed by atoms with Gasteiger partial charge in [0.25, 0.3) is 5.91 Å². The number of hydrogen-bond acceptors (Lipinski definition) is 4. The summed E-state index contributed by atoms with van der Waals surface area (Å²) in [4.78, 5) is 30.1. The Kier molecular flexibility index (Phi) is 4.42. The van der Waals surface area contributed by atoms with Gasteiger partial charge >= 0.3 is 5.97 Å². The van der Waals surface area contributed by atoms with Crippen molar-refractivity contribution in [3.63, 3.8) is 0 Å². The highest BCUT2D eigenvalue weighted by atomic mass is 32.1.